The van der Waals surface area contributed by atoms with Crippen LogP contribution in [0.3, 0.4) is 0 Å². The van der Waals surface area contributed by atoms with E-state index in [1.54, 1.807) is 0 Å². The summed E-state index contributed by atoms with van der Waals surface area (Å²) in [5.41, 5.74) is 5.82. The quantitative estimate of drug-likeness (QED) is 0.778. The molecule has 0 bridgehead atoms. The van der Waals surface area contributed by atoms with E-state index >= 15 is 0 Å². The molecule has 0 N–H and O–H groups in total. The first-order chi connectivity index (χ1) is 7.76. The molecular formula is C13H20O3S. The molecule has 0 aromatic heterocycles. The molecule has 0 aliphatic carbocycles. The molecule has 96 valence electrons. The van der Waals surface area contributed by atoms with E-state index in [4.69, 9.17) is 4.18 Å². The molecule has 0 saturated carbocycles. The van der Waals surface area contributed by atoms with Crippen molar-refractivity contribution in [3.05, 3.63) is 33.9 Å². The van der Waals surface area contributed by atoms with Gasteiger partial charge in [0, 0.05) is 0 Å². The van der Waals surface area contributed by atoms with Crippen LogP contribution in [-0.2, 0) is 27.3 Å². The fraction of sp³-hybridized carbons (Fsp3) is 0.538. The molecule has 0 unspecified atom stereocenters. The van der Waals surface area contributed by atoms with E-state index in [9.17, 15) is 8.42 Å². The van der Waals surface area contributed by atoms with E-state index < -0.39 is 10.1 Å². The number of benzene rings is 1. The lowest BCUT2D eigenvalue weighted by Crippen LogP contribution is -2.06. The highest BCUT2D eigenvalue weighted by Crippen LogP contribution is 2.23. The molecule has 3 nitrogen and oxygen atoms in total. The Balaban J connectivity index is 3.12. The van der Waals surface area contributed by atoms with Gasteiger partial charge in [-0.25, -0.2) is 0 Å². The summed E-state index contributed by atoms with van der Waals surface area (Å²) in [5, 5.41) is 0. The second-order valence-corrected chi connectivity index (χ2v) is 6.03. The third kappa shape index (κ3) is 3.54. The molecule has 1 aromatic carbocycles. The van der Waals surface area contributed by atoms with Crippen molar-refractivity contribution in [2.45, 2.75) is 40.7 Å². The summed E-state index contributed by atoms with van der Waals surface area (Å²) in [6.07, 6.45) is 2.02. The van der Waals surface area contributed by atoms with Gasteiger partial charge >= 0.3 is 0 Å². The first-order valence-electron chi connectivity index (χ1n) is 5.69. The van der Waals surface area contributed by atoms with E-state index in [1.165, 1.54) is 16.7 Å². The van der Waals surface area contributed by atoms with Crippen LogP contribution >= 0.6 is 0 Å². The van der Waals surface area contributed by atoms with Crippen molar-refractivity contribution in [3.63, 3.8) is 0 Å². The topological polar surface area (TPSA) is 43.4 Å². The lowest BCUT2D eigenvalue weighted by Gasteiger charge is -2.15. The molecular weight excluding hydrogens is 236 g/mol. The van der Waals surface area contributed by atoms with Crippen molar-refractivity contribution in [1.82, 2.24) is 0 Å². The normalized spacial score (nSPS) is 11.8. The summed E-state index contributed by atoms with van der Waals surface area (Å²) < 4.78 is 26.9. The van der Waals surface area contributed by atoms with Crippen LogP contribution in [0.15, 0.2) is 6.07 Å². The maximum atomic E-state index is 11.0. The average molecular weight is 256 g/mol. The van der Waals surface area contributed by atoms with Crippen molar-refractivity contribution < 1.29 is 12.6 Å². The number of aryl methyl sites for hydroxylation is 1. The molecule has 17 heavy (non-hydrogen) atoms. The minimum Gasteiger partial charge on any atom is -0.265 e. The Morgan fingerprint density at radius 2 is 1.59 bits per heavy atom. The number of hydrogen-bond acceptors (Lipinski definition) is 3. The molecule has 1 aromatic rings. The Hall–Kier alpha value is -0.870. The molecule has 0 radical (unpaired) electrons. The second kappa shape index (κ2) is 5.19. The average Bonchev–Trinajstić information content (AvgIpc) is 2.24. The lowest BCUT2D eigenvalue weighted by atomic mass is 9.93. The molecule has 0 atom stereocenters. The molecule has 0 aliphatic heterocycles. The Morgan fingerprint density at radius 1 is 1.06 bits per heavy atom. The van der Waals surface area contributed by atoms with Crippen LogP contribution in [0.1, 0.15) is 34.7 Å². The van der Waals surface area contributed by atoms with Gasteiger partial charge in [0.05, 0.1) is 12.9 Å². The van der Waals surface area contributed by atoms with Crippen LogP contribution in [0.5, 0.6) is 0 Å². The van der Waals surface area contributed by atoms with Gasteiger partial charge in [-0.1, -0.05) is 13.0 Å². The van der Waals surface area contributed by atoms with Gasteiger partial charge in [-0.3, -0.25) is 4.18 Å². The van der Waals surface area contributed by atoms with Crippen molar-refractivity contribution in [2.75, 3.05) is 6.26 Å². The molecule has 0 fully saturated rings. The first-order valence-corrected chi connectivity index (χ1v) is 7.50. The molecule has 0 saturated heterocycles. The Morgan fingerprint density at radius 3 is 2.06 bits per heavy atom. The SMILES string of the molecule is CCc1cc(COS(C)(=O)=O)c(C)c(C)c1C. The summed E-state index contributed by atoms with van der Waals surface area (Å²) in [7, 11) is -3.38. The van der Waals surface area contributed by atoms with Gasteiger partial charge in [-0.05, 0) is 55.0 Å². The molecule has 0 aliphatic rings. The van der Waals surface area contributed by atoms with Crippen LogP contribution < -0.4 is 0 Å². The van der Waals surface area contributed by atoms with Crippen molar-refractivity contribution in [2.24, 2.45) is 0 Å². The number of rotatable bonds is 4. The second-order valence-electron chi connectivity index (χ2n) is 4.39. The van der Waals surface area contributed by atoms with Crippen LogP contribution in [0, 0.1) is 20.8 Å². The predicted octanol–water partition coefficient (Wildman–Crippen LogP) is 2.65. The van der Waals surface area contributed by atoms with Crippen LogP contribution in [-0.4, -0.2) is 14.7 Å². The predicted molar refractivity (Wildman–Crippen MR) is 69.7 cm³/mol. The van der Waals surface area contributed by atoms with E-state index in [-0.39, 0.29) is 6.61 Å². The van der Waals surface area contributed by atoms with Gasteiger partial charge in [0.2, 0.25) is 0 Å². The molecule has 0 spiro atoms. The summed E-state index contributed by atoms with van der Waals surface area (Å²) in [6, 6.07) is 2.04. The fourth-order valence-electron chi connectivity index (χ4n) is 1.88. The van der Waals surface area contributed by atoms with Crippen LogP contribution in [0.25, 0.3) is 0 Å². The first kappa shape index (κ1) is 14.2. The minimum absolute atomic E-state index is 0.124. The zero-order valence-electron chi connectivity index (χ0n) is 11.1. The largest absolute Gasteiger partial charge is 0.265 e. The van der Waals surface area contributed by atoms with Gasteiger partial charge in [0.1, 0.15) is 0 Å². The Kier molecular flexibility index (Phi) is 4.33. The monoisotopic (exact) mass is 256 g/mol. The molecule has 0 amide bonds. The third-order valence-electron chi connectivity index (χ3n) is 3.25. The van der Waals surface area contributed by atoms with Crippen molar-refractivity contribution in [3.8, 4) is 0 Å². The summed E-state index contributed by atoms with van der Waals surface area (Å²) in [6.45, 7) is 8.38. The van der Waals surface area contributed by atoms with E-state index in [0.717, 1.165) is 23.8 Å². The van der Waals surface area contributed by atoms with Gasteiger partial charge in [-0.15, -0.1) is 0 Å². The van der Waals surface area contributed by atoms with Gasteiger partial charge < -0.3 is 0 Å². The smallest absolute Gasteiger partial charge is 0.264 e. The van der Waals surface area contributed by atoms with Crippen LogP contribution in [0.4, 0.5) is 0 Å². The summed E-state index contributed by atoms with van der Waals surface area (Å²) in [4.78, 5) is 0. The Labute approximate surface area is 104 Å². The zero-order valence-corrected chi connectivity index (χ0v) is 11.9. The van der Waals surface area contributed by atoms with Crippen molar-refractivity contribution in [1.29, 1.82) is 0 Å². The summed E-state index contributed by atoms with van der Waals surface area (Å²) in [5.74, 6) is 0. The van der Waals surface area contributed by atoms with Crippen LogP contribution in [0.2, 0.25) is 0 Å². The minimum atomic E-state index is -3.38. The maximum absolute atomic E-state index is 11.0. The number of hydrogen-bond donors (Lipinski definition) is 0. The summed E-state index contributed by atoms with van der Waals surface area (Å²) >= 11 is 0. The van der Waals surface area contributed by atoms with Gasteiger partial charge in [0.25, 0.3) is 10.1 Å². The van der Waals surface area contributed by atoms with E-state index in [2.05, 4.69) is 20.8 Å². The van der Waals surface area contributed by atoms with Gasteiger partial charge in [0.15, 0.2) is 0 Å². The highest BCUT2D eigenvalue weighted by Gasteiger charge is 2.10. The molecule has 4 heteroatoms. The van der Waals surface area contributed by atoms with Crippen molar-refractivity contribution >= 4 is 10.1 Å². The van der Waals surface area contributed by atoms with E-state index in [0.29, 0.717) is 0 Å². The highest BCUT2D eigenvalue weighted by molar-refractivity contribution is 7.85. The lowest BCUT2D eigenvalue weighted by molar-refractivity contribution is 0.311. The maximum Gasteiger partial charge on any atom is 0.264 e. The molecule has 1 rings (SSSR count). The molecule has 0 heterocycles. The Bertz CT molecular complexity index is 516. The van der Waals surface area contributed by atoms with E-state index in [1.807, 2.05) is 13.0 Å². The fourth-order valence-corrected chi connectivity index (χ4v) is 2.22. The third-order valence-corrected chi connectivity index (χ3v) is 3.79. The standard InChI is InChI=1S/C13H20O3S/c1-6-12-7-13(8-16-17(5,14)15)11(4)9(2)10(12)3/h7H,6,8H2,1-5H3. The zero-order chi connectivity index (χ0) is 13.2. The van der Waals surface area contributed by atoms with Gasteiger partial charge in [-0.2, -0.15) is 8.42 Å². The highest BCUT2D eigenvalue weighted by atomic mass is 32.2.